The SMILES string of the molecule is O=C(NN1C(=O)[C@@H]2[C@H](C1=O)[C@H]1C=C[C@@H]2C1)c1ccc(Cl)c(Cl)c1. The number of nitrogens with one attached hydrogen (secondary N) is 1. The molecule has 1 aliphatic heterocycles. The van der Waals surface area contributed by atoms with E-state index in [4.69, 9.17) is 23.2 Å². The standard InChI is InChI=1S/C16H12Cl2N2O3/c17-10-4-3-9(6-11(10)18)14(21)19-20-15(22)12-7-1-2-8(5-7)13(12)16(20)23/h1-4,6-8,12-13H,5H2,(H,19,21)/t7-,8+,12+,13-. The molecular formula is C16H12Cl2N2O3. The molecule has 2 aliphatic carbocycles. The molecule has 3 aliphatic rings. The number of nitrogens with zero attached hydrogens (tertiary/aromatic N) is 1. The van der Waals surface area contributed by atoms with Gasteiger partial charge in [0.15, 0.2) is 0 Å². The van der Waals surface area contributed by atoms with Crippen molar-refractivity contribution < 1.29 is 14.4 Å². The van der Waals surface area contributed by atoms with Crippen molar-refractivity contribution in [3.05, 3.63) is 46.0 Å². The summed E-state index contributed by atoms with van der Waals surface area (Å²) in [4.78, 5) is 37.2. The number of hydrazine groups is 1. The van der Waals surface area contributed by atoms with E-state index in [2.05, 4.69) is 5.43 Å². The second kappa shape index (κ2) is 5.08. The highest BCUT2D eigenvalue weighted by Crippen LogP contribution is 2.52. The number of amides is 3. The summed E-state index contributed by atoms with van der Waals surface area (Å²) in [5, 5.41) is 1.43. The normalized spacial score (nSPS) is 31.0. The number of imide groups is 1. The number of carbonyl (C=O) groups is 3. The monoisotopic (exact) mass is 350 g/mol. The Labute approximate surface area is 142 Å². The largest absolute Gasteiger partial charge is 0.272 e. The summed E-state index contributed by atoms with van der Waals surface area (Å²) < 4.78 is 0. The van der Waals surface area contributed by atoms with Gasteiger partial charge in [0, 0.05) is 5.56 Å². The zero-order valence-corrected chi connectivity index (χ0v) is 13.3. The van der Waals surface area contributed by atoms with Gasteiger partial charge in [0.05, 0.1) is 21.9 Å². The highest BCUT2D eigenvalue weighted by atomic mass is 35.5. The molecule has 0 spiro atoms. The molecule has 1 saturated carbocycles. The molecule has 7 heteroatoms. The molecule has 1 heterocycles. The van der Waals surface area contributed by atoms with Crippen molar-refractivity contribution in [2.24, 2.45) is 23.7 Å². The van der Waals surface area contributed by atoms with E-state index in [9.17, 15) is 14.4 Å². The molecule has 1 aromatic carbocycles. The Kier molecular flexibility index (Phi) is 3.25. The minimum atomic E-state index is -0.564. The van der Waals surface area contributed by atoms with Gasteiger partial charge < -0.3 is 0 Å². The molecule has 4 atom stereocenters. The zero-order valence-electron chi connectivity index (χ0n) is 11.8. The second-order valence-corrected chi connectivity index (χ2v) is 6.90. The smallest absolute Gasteiger partial charge is 0.270 e. The lowest BCUT2D eigenvalue weighted by molar-refractivity contribution is -0.143. The summed E-state index contributed by atoms with van der Waals surface area (Å²) in [6.07, 6.45) is 4.85. The Bertz CT molecular complexity index is 747. The molecule has 23 heavy (non-hydrogen) atoms. The molecule has 5 nitrogen and oxygen atoms in total. The Morgan fingerprint density at radius 3 is 2.22 bits per heavy atom. The van der Waals surface area contributed by atoms with Gasteiger partial charge in [0.1, 0.15) is 0 Å². The van der Waals surface area contributed by atoms with Crippen molar-refractivity contribution in [2.75, 3.05) is 0 Å². The van der Waals surface area contributed by atoms with E-state index in [0.29, 0.717) is 5.02 Å². The average Bonchev–Trinajstić information content (AvgIpc) is 3.19. The number of rotatable bonds is 2. The zero-order chi connectivity index (χ0) is 16.3. The van der Waals surface area contributed by atoms with E-state index in [0.717, 1.165) is 11.4 Å². The maximum Gasteiger partial charge on any atom is 0.270 e. The van der Waals surface area contributed by atoms with Crippen LogP contribution in [0.15, 0.2) is 30.4 Å². The van der Waals surface area contributed by atoms with E-state index in [-0.39, 0.29) is 46.1 Å². The topological polar surface area (TPSA) is 66.5 Å². The van der Waals surface area contributed by atoms with Crippen LogP contribution in [0.2, 0.25) is 10.0 Å². The number of hydrogen-bond acceptors (Lipinski definition) is 3. The fourth-order valence-electron chi connectivity index (χ4n) is 3.82. The van der Waals surface area contributed by atoms with Crippen molar-refractivity contribution in [1.29, 1.82) is 0 Å². The Balaban J connectivity index is 1.55. The van der Waals surface area contributed by atoms with E-state index < -0.39 is 5.91 Å². The maximum atomic E-state index is 12.5. The van der Waals surface area contributed by atoms with Gasteiger partial charge in [-0.05, 0) is 36.5 Å². The van der Waals surface area contributed by atoms with Gasteiger partial charge in [-0.2, -0.15) is 5.01 Å². The minimum absolute atomic E-state index is 0.105. The molecule has 0 radical (unpaired) electrons. The Hall–Kier alpha value is -1.85. The summed E-state index contributed by atoms with van der Waals surface area (Å²) >= 11 is 11.7. The van der Waals surface area contributed by atoms with Gasteiger partial charge in [0.2, 0.25) is 0 Å². The van der Waals surface area contributed by atoms with Crippen molar-refractivity contribution in [3.63, 3.8) is 0 Å². The number of allylic oxidation sites excluding steroid dienone is 2. The van der Waals surface area contributed by atoms with E-state index >= 15 is 0 Å². The van der Waals surface area contributed by atoms with Crippen LogP contribution in [0.1, 0.15) is 16.8 Å². The summed E-state index contributed by atoms with van der Waals surface area (Å²) in [5.41, 5.74) is 2.64. The van der Waals surface area contributed by atoms with Crippen molar-refractivity contribution in [2.45, 2.75) is 6.42 Å². The number of fused-ring (bicyclic) bond motifs is 5. The van der Waals surface area contributed by atoms with Gasteiger partial charge in [-0.25, -0.2) is 0 Å². The van der Waals surface area contributed by atoms with Gasteiger partial charge in [-0.1, -0.05) is 35.4 Å². The molecule has 2 fully saturated rings. The minimum Gasteiger partial charge on any atom is -0.272 e. The number of halogens is 2. The summed E-state index contributed by atoms with van der Waals surface area (Å²) in [6, 6.07) is 4.38. The fraction of sp³-hybridized carbons (Fsp3) is 0.312. The van der Waals surface area contributed by atoms with Crippen LogP contribution in [0.3, 0.4) is 0 Å². The van der Waals surface area contributed by atoms with Crippen LogP contribution in [-0.4, -0.2) is 22.7 Å². The number of carbonyl (C=O) groups excluding carboxylic acids is 3. The van der Waals surface area contributed by atoms with Crippen LogP contribution in [0, 0.1) is 23.7 Å². The second-order valence-electron chi connectivity index (χ2n) is 6.08. The van der Waals surface area contributed by atoms with Gasteiger partial charge >= 0.3 is 0 Å². The van der Waals surface area contributed by atoms with Crippen molar-refractivity contribution in [3.8, 4) is 0 Å². The lowest BCUT2D eigenvalue weighted by Gasteiger charge is -2.18. The molecule has 1 aromatic rings. The first kappa shape index (κ1) is 14.7. The van der Waals surface area contributed by atoms with Gasteiger partial charge in [-0.3, -0.25) is 19.8 Å². The molecule has 0 unspecified atom stereocenters. The molecule has 0 aromatic heterocycles. The van der Waals surface area contributed by atoms with E-state index in [1.54, 1.807) is 0 Å². The lowest BCUT2D eigenvalue weighted by atomic mass is 9.85. The van der Waals surface area contributed by atoms with Gasteiger partial charge in [-0.15, -0.1) is 0 Å². The summed E-state index contributed by atoms with van der Waals surface area (Å²) in [5.74, 6) is -1.69. The highest BCUT2D eigenvalue weighted by Gasteiger charge is 2.59. The molecule has 2 bridgehead atoms. The molecule has 3 amide bonds. The van der Waals surface area contributed by atoms with E-state index in [1.807, 2.05) is 12.2 Å². The van der Waals surface area contributed by atoms with Crippen LogP contribution in [-0.2, 0) is 9.59 Å². The van der Waals surface area contributed by atoms with Crippen LogP contribution in [0.5, 0.6) is 0 Å². The third-order valence-electron chi connectivity index (χ3n) is 4.87. The molecule has 1 N–H and O–H groups in total. The molecular weight excluding hydrogens is 339 g/mol. The number of hydrogen-bond donors (Lipinski definition) is 1. The first-order valence-electron chi connectivity index (χ1n) is 7.29. The van der Waals surface area contributed by atoms with Crippen LogP contribution < -0.4 is 5.43 Å². The first-order valence-corrected chi connectivity index (χ1v) is 8.05. The first-order chi connectivity index (χ1) is 11.0. The Morgan fingerprint density at radius 1 is 1.04 bits per heavy atom. The quantitative estimate of drug-likeness (QED) is 0.658. The van der Waals surface area contributed by atoms with Crippen LogP contribution >= 0.6 is 23.2 Å². The van der Waals surface area contributed by atoms with Crippen molar-refractivity contribution in [1.82, 2.24) is 10.4 Å². The third-order valence-corrected chi connectivity index (χ3v) is 5.60. The molecule has 4 rings (SSSR count). The van der Waals surface area contributed by atoms with Gasteiger partial charge in [0.25, 0.3) is 17.7 Å². The Morgan fingerprint density at radius 2 is 1.65 bits per heavy atom. The summed E-state index contributed by atoms with van der Waals surface area (Å²) in [6.45, 7) is 0. The van der Waals surface area contributed by atoms with E-state index in [1.165, 1.54) is 18.2 Å². The predicted octanol–water partition coefficient (Wildman–Crippen LogP) is 2.45. The highest BCUT2D eigenvalue weighted by molar-refractivity contribution is 6.42. The predicted molar refractivity (Wildman–Crippen MR) is 83.5 cm³/mol. The van der Waals surface area contributed by atoms with Crippen LogP contribution in [0.4, 0.5) is 0 Å². The maximum absolute atomic E-state index is 12.5. The van der Waals surface area contributed by atoms with Crippen molar-refractivity contribution >= 4 is 40.9 Å². The van der Waals surface area contributed by atoms with Crippen LogP contribution in [0.25, 0.3) is 0 Å². The molecule has 1 saturated heterocycles. The molecule has 118 valence electrons. The lowest BCUT2D eigenvalue weighted by Crippen LogP contribution is -2.47. The fourth-order valence-corrected chi connectivity index (χ4v) is 4.11. The average molecular weight is 351 g/mol. The number of benzene rings is 1. The third kappa shape index (κ3) is 2.11. The summed E-state index contributed by atoms with van der Waals surface area (Å²) in [7, 11) is 0.